The maximum Gasteiger partial charge on any atom is 0.128 e. The van der Waals surface area contributed by atoms with Crippen molar-refractivity contribution in [1.29, 1.82) is 0 Å². The highest BCUT2D eigenvalue weighted by Crippen LogP contribution is 2.29. The second-order valence-corrected chi connectivity index (χ2v) is 4.72. The summed E-state index contributed by atoms with van der Waals surface area (Å²) in [5.74, 6) is 0.890. The SMILES string of the molecule is COc1cc(C)cc2nc3ccc(C)cc3cc12. The van der Waals surface area contributed by atoms with Gasteiger partial charge in [-0.05, 0) is 49.7 Å². The molecule has 0 atom stereocenters. The van der Waals surface area contributed by atoms with Crippen LogP contribution in [0.1, 0.15) is 11.1 Å². The molecule has 0 N–H and O–H groups in total. The number of hydrogen-bond acceptors (Lipinski definition) is 2. The summed E-state index contributed by atoms with van der Waals surface area (Å²) in [5, 5.41) is 2.23. The zero-order valence-corrected chi connectivity index (χ0v) is 10.8. The topological polar surface area (TPSA) is 22.1 Å². The molecule has 18 heavy (non-hydrogen) atoms. The Morgan fingerprint density at radius 1 is 0.889 bits per heavy atom. The van der Waals surface area contributed by atoms with E-state index in [9.17, 15) is 0 Å². The zero-order chi connectivity index (χ0) is 12.7. The highest BCUT2D eigenvalue weighted by Gasteiger charge is 2.06. The van der Waals surface area contributed by atoms with E-state index in [0.717, 1.165) is 27.6 Å². The fourth-order valence-electron chi connectivity index (χ4n) is 2.33. The number of benzene rings is 2. The summed E-state index contributed by atoms with van der Waals surface area (Å²) in [4.78, 5) is 4.71. The quantitative estimate of drug-likeness (QED) is 0.596. The van der Waals surface area contributed by atoms with Crippen LogP contribution >= 0.6 is 0 Å². The largest absolute Gasteiger partial charge is 0.496 e. The number of rotatable bonds is 1. The molecule has 0 aliphatic rings. The van der Waals surface area contributed by atoms with Gasteiger partial charge in [0.2, 0.25) is 0 Å². The highest BCUT2D eigenvalue weighted by atomic mass is 16.5. The predicted octanol–water partition coefficient (Wildman–Crippen LogP) is 4.01. The van der Waals surface area contributed by atoms with E-state index < -0.39 is 0 Å². The Morgan fingerprint density at radius 3 is 2.50 bits per heavy atom. The molecule has 1 heterocycles. The van der Waals surface area contributed by atoms with Crippen LogP contribution in [0.3, 0.4) is 0 Å². The van der Waals surface area contributed by atoms with E-state index in [1.165, 1.54) is 11.1 Å². The van der Waals surface area contributed by atoms with E-state index in [1.807, 2.05) is 6.07 Å². The minimum Gasteiger partial charge on any atom is -0.496 e. The number of pyridine rings is 1. The smallest absolute Gasteiger partial charge is 0.128 e. The molecule has 0 radical (unpaired) electrons. The van der Waals surface area contributed by atoms with Crippen molar-refractivity contribution in [1.82, 2.24) is 4.98 Å². The van der Waals surface area contributed by atoms with E-state index in [4.69, 9.17) is 9.72 Å². The second-order valence-electron chi connectivity index (χ2n) is 4.72. The fourth-order valence-corrected chi connectivity index (χ4v) is 2.33. The summed E-state index contributed by atoms with van der Waals surface area (Å²) in [6.07, 6.45) is 0. The van der Waals surface area contributed by atoms with E-state index >= 15 is 0 Å². The van der Waals surface area contributed by atoms with Crippen molar-refractivity contribution in [3.63, 3.8) is 0 Å². The van der Waals surface area contributed by atoms with Gasteiger partial charge in [-0.25, -0.2) is 4.98 Å². The van der Waals surface area contributed by atoms with Gasteiger partial charge in [-0.2, -0.15) is 0 Å². The standard InChI is InChI=1S/C16H15NO/c1-10-4-5-14-12(6-10)9-13-15(17-14)7-11(2)8-16(13)18-3/h4-9H,1-3H3. The Labute approximate surface area is 106 Å². The fraction of sp³-hybridized carbons (Fsp3) is 0.188. The van der Waals surface area contributed by atoms with Gasteiger partial charge in [-0.15, -0.1) is 0 Å². The Bertz CT molecular complexity index is 747. The summed E-state index contributed by atoms with van der Waals surface area (Å²) in [6.45, 7) is 4.15. The molecule has 0 saturated carbocycles. The third kappa shape index (κ3) is 1.70. The van der Waals surface area contributed by atoms with Crippen LogP contribution in [0.25, 0.3) is 21.8 Å². The molecule has 0 spiro atoms. The van der Waals surface area contributed by atoms with Crippen molar-refractivity contribution < 1.29 is 4.74 Å². The molecule has 90 valence electrons. The summed E-state index contributed by atoms with van der Waals surface area (Å²) in [5.41, 5.74) is 4.43. The van der Waals surface area contributed by atoms with Crippen molar-refractivity contribution in [2.75, 3.05) is 7.11 Å². The van der Waals surface area contributed by atoms with Gasteiger partial charge in [0.05, 0.1) is 18.1 Å². The van der Waals surface area contributed by atoms with Crippen molar-refractivity contribution in [2.45, 2.75) is 13.8 Å². The molecule has 1 aromatic heterocycles. The molecule has 3 aromatic rings. The molecule has 0 fully saturated rings. The molecule has 0 unspecified atom stereocenters. The van der Waals surface area contributed by atoms with Gasteiger partial charge in [0.15, 0.2) is 0 Å². The predicted molar refractivity (Wildman–Crippen MR) is 75.3 cm³/mol. The minimum absolute atomic E-state index is 0.890. The number of ether oxygens (including phenoxy) is 1. The van der Waals surface area contributed by atoms with Gasteiger partial charge < -0.3 is 4.74 Å². The first-order valence-corrected chi connectivity index (χ1v) is 6.03. The lowest BCUT2D eigenvalue weighted by molar-refractivity contribution is 0.419. The minimum atomic E-state index is 0.890. The number of fused-ring (bicyclic) bond motifs is 2. The summed E-state index contributed by atoms with van der Waals surface area (Å²) < 4.78 is 5.45. The van der Waals surface area contributed by atoms with Crippen LogP contribution < -0.4 is 4.74 Å². The first kappa shape index (κ1) is 11.0. The monoisotopic (exact) mass is 237 g/mol. The molecular weight excluding hydrogens is 222 g/mol. The van der Waals surface area contributed by atoms with Gasteiger partial charge in [0, 0.05) is 10.8 Å². The normalized spacial score (nSPS) is 11.1. The van der Waals surface area contributed by atoms with Crippen LogP contribution in [0, 0.1) is 13.8 Å². The molecule has 0 saturated heterocycles. The molecule has 0 aliphatic heterocycles. The van der Waals surface area contributed by atoms with Gasteiger partial charge in [0.1, 0.15) is 5.75 Å². The highest BCUT2D eigenvalue weighted by molar-refractivity contribution is 5.96. The summed E-state index contributed by atoms with van der Waals surface area (Å²) >= 11 is 0. The van der Waals surface area contributed by atoms with Crippen molar-refractivity contribution >= 4 is 21.8 Å². The van der Waals surface area contributed by atoms with Crippen LogP contribution in [0.15, 0.2) is 36.4 Å². The number of aryl methyl sites for hydroxylation is 2. The van der Waals surface area contributed by atoms with E-state index in [2.05, 4.69) is 44.2 Å². The van der Waals surface area contributed by atoms with Crippen LogP contribution in [-0.4, -0.2) is 12.1 Å². The lowest BCUT2D eigenvalue weighted by Gasteiger charge is -2.08. The van der Waals surface area contributed by atoms with Crippen molar-refractivity contribution in [3.8, 4) is 5.75 Å². The number of methoxy groups -OCH3 is 1. The van der Waals surface area contributed by atoms with E-state index in [-0.39, 0.29) is 0 Å². The summed E-state index contributed by atoms with van der Waals surface area (Å²) in [7, 11) is 1.70. The van der Waals surface area contributed by atoms with Gasteiger partial charge in [-0.1, -0.05) is 11.6 Å². The molecule has 0 amide bonds. The van der Waals surface area contributed by atoms with Crippen LogP contribution in [0.5, 0.6) is 5.75 Å². The van der Waals surface area contributed by atoms with Gasteiger partial charge >= 0.3 is 0 Å². The van der Waals surface area contributed by atoms with Crippen molar-refractivity contribution in [2.24, 2.45) is 0 Å². The molecular formula is C16H15NO. The zero-order valence-electron chi connectivity index (χ0n) is 10.8. The molecule has 0 aliphatic carbocycles. The lowest BCUT2D eigenvalue weighted by atomic mass is 10.1. The molecule has 2 aromatic carbocycles. The molecule has 2 heteroatoms. The van der Waals surface area contributed by atoms with Crippen LogP contribution in [0.4, 0.5) is 0 Å². The van der Waals surface area contributed by atoms with E-state index in [0.29, 0.717) is 0 Å². The number of aromatic nitrogens is 1. The van der Waals surface area contributed by atoms with Crippen molar-refractivity contribution in [3.05, 3.63) is 47.5 Å². The third-order valence-electron chi connectivity index (χ3n) is 3.21. The second kappa shape index (κ2) is 3.98. The molecule has 0 bridgehead atoms. The lowest BCUT2D eigenvalue weighted by Crippen LogP contribution is -1.90. The molecule has 2 nitrogen and oxygen atoms in total. The maximum atomic E-state index is 5.45. The van der Waals surface area contributed by atoms with Gasteiger partial charge in [0.25, 0.3) is 0 Å². The van der Waals surface area contributed by atoms with Crippen LogP contribution in [0.2, 0.25) is 0 Å². The average molecular weight is 237 g/mol. The van der Waals surface area contributed by atoms with Crippen LogP contribution in [-0.2, 0) is 0 Å². The van der Waals surface area contributed by atoms with E-state index in [1.54, 1.807) is 7.11 Å². The first-order chi connectivity index (χ1) is 8.67. The first-order valence-electron chi connectivity index (χ1n) is 6.03. The van der Waals surface area contributed by atoms with Gasteiger partial charge in [-0.3, -0.25) is 0 Å². The maximum absolute atomic E-state index is 5.45. The Hall–Kier alpha value is -2.09. The number of hydrogen-bond donors (Lipinski definition) is 0. The third-order valence-corrected chi connectivity index (χ3v) is 3.21. The Kier molecular flexibility index (Phi) is 2.44. The Morgan fingerprint density at radius 2 is 1.72 bits per heavy atom. The number of nitrogens with zero attached hydrogens (tertiary/aromatic N) is 1. The molecule has 3 rings (SSSR count). The average Bonchev–Trinajstić information content (AvgIpc) is 2.35. The summed E-state index contributed by atoms with van der Waals surface area (Å²) in [6, 6.07) is 12.6. The Balaban J connectivity index is 2.44.